The largest absolute Gasteiger partial charge is 0.370 e. The minimum Gasteiger partial charge on any atom is -0.370 e. The molecule has 2 aromatic rings. The van der Waals surface area contributed by atoms with Crippen molar-refractivity contribution in [3.63, 3.8) is 0 Å². The summed E-state index contributed by atoms with van der Waals surface area (Å²) in [4.78, 5) is 8.04. The van der Waals surface area contributed by atoms with Gasteiger partial charge in [-0.15, -0.1) is 35.7 Å². The van der Waals surface area contributed by atoms with Crippen LogP contribution in [0.15, 0.2) is 52.6 Å². The maximum atomic E-state index is 5.91. The molecule has 0 amide bonds. The van der Waals surface area contributed by atoms with Crippen LogP contribution in [-0.4, -0.2) is 59.7 Å². The molecule has 3 rings (SSSR count). The van der Waals surface area contributed by atoms with Gasteiger partial charge in [0.1, 0.15) is 6.10 Å². The zero-order valence-corrected chi connectivity index (χ0v) is 19.0. The molecule has 148 valence electrons. The lowest BCUT2D eigenvalue weighted by Gasteiger charge is -2.34. The van der Waals surface area contributed by atoms with Gasteiger partial charge in [0.05, 0.1) is 19.3 Å². The summed E-state index contributed by atoms with van der Waals surface area (Å²) in [6.07, 6.45) is 5.04. The zero-order valence-electron chi connectivity index (χ0n) is 15.9. The summed E-state index contributed by atoms with van der Waals surface area (Å²) in [5, 5.41) is 7.74. The molecule has 2 heterocycles. The molecule has 1 unspecified atom stereocenters. The number of nitrogens with one attached hydrogen (secondary N) is 1. The molecule has 1 aliphatic rings. The SMILES string of the molecule is CN=C(NCCCSc1ccccc1)N1CCOC(c2cnn(C)c2)C1.I. The highest BCUT2D eigenvalue weighted by molar-refractivity contribution is 14.0. The molecule has 0 saturated carbocycles. The lowest BCUT2D eigenvalue weighted by molar-refractivity contribution is -0.00801. The fourth-order valence-electron chi connectivity index (χ4n) is 2.96. The second-order valence-corrected chi connectivity index (χ2v) is 7.41. The van der Waals surface area contributed by atoms with Gasteiger partial charge in [-0.05, 0) is 24.3 Å². The number of hydrogen-bond donors (Lipinski definition) is 1. The van der Waals surface area contributed by atoms with Crippen LogP contribution >= 0.6 is 35.7 Å². The number of aliphatic imine (C=N–C) groups is 1. The number of nitrogens with zero attached hydrogens (tertiary/aromatic N) is 4. The number of morpholine rings is 1. The molecule has 6 nitrogen and oxygen atoms in total. The molecule has 0 radical (unpaired) electrons. The highest BCUT2D eigenvalue weighted by Gasteiger charge is 2.24. The lowest BCUT2D eigenvalue weighted by atomic mass is 10.1. The van der Waals surface area contributed by atoms with E-state index >= 15 is 0 Å². The third-order valence-electron chi connectivity index (χ3n) is 4.29. The normalized spacial score (nSPS) is 17.5. The fraction of sp³-hybridized carbons (Fsp3) is 0.474. The van der Waals surface area contributed by atoms with Gasteiger partial charge in [0.2, 0.25) is 0 Å². The number of thioether (sulfide) groups is 1. The Kier molecular flexibility index (Phi) is 9.43. The molecule has 8 heteroatoms. The summed E-state index contributed by atoms with van der Waals surface area (Å²) in [6, 6.07) is 10.5. The average Bonchev–Trinajstić information content (AvgIpc) is 3.12. The van der Waals surface area contributed by atoms with E-state index in [-0.39, 0.29) is 30.1 Å². The number of guanidine groups is 1. The van der Waals surface area contributed by atoms with E-state index in [4.69, 9.17) is 4.74 Å². The van der Waals surface area contributed by atoms with Crippen LogP contribution in [0.3, 0.4) is 0 Å². The van der Waals surface area contributed by atoms with E-state index in [0.29, 0.717) is 6.61 Å². The van der Waals surface area contributed by atoms with Gasteiger partial charge in [0.15, 0.2) is 5.96 Å². The average molecular weight is 501 g/mol. The Morgan fingerprint density at radius 2 is 2.19 bits per heavy atom. The molecular weight excluding hydrogens is 473 g/mol. The second-order valence-electron chi connectivity index (χ2n) is 6.24. The number of benzene rings is 1. The molecule has 27 heavy (non-hydrogen) atoms. The number of halogens is 1. The van der Waals surface area contributed by atoms with E-state index in [2.05, 4.69) is 50.6 Å². The third-order valence-corrected chi connectivity index (χ3v) is 5.39. The first-order chi connectivity index (χ1) is 12.8. The Labute approximate surface area is 182 Å². The maximum absolute atomic E-state index is 5.91. The first-order valence-corrected chi connectivity index (χ1v) is 9.98. The molecule has 1 aromatic carbocycles. The van der Waals surface area contributed by atoms with E-state index < -0.39 is 0 Å². The predicted octanol–water partition coefficient (Wildman–Crippen LogP) is 3.17. The first kappa shape index (κ1) is 22.0. The van der Waals surface area contributed by atoms with Crippen LogP contribution in [0.5, 0.6) is 0 Å². The van der Waals surface area contributed by atoms with Crippen LogP contribution in [0.25, 0.3) is 0 Å². The van der Waals surface area contributed by atoms with Crippen LogP contribution in [-0.2, 0) is 11.8 Å². The van der Waals surface area contributed by atoms with E-state index in [9.17, 15) is 0 Å². The summed E-state index contributed by atoms with van der Waals surface area (Å²) in [5.74, 6) is 2.04. The number of hydrogen-bond acceptors (Lipinski definition) is 4. The summed E-state index contributed by atoms with van der Waals surface area (Å²) >= 11 is 1.89. The van der Waals surface area contributed by atoms with Crippen molar-refractivity contribution in [2.45, 2.75) is 17.4 Å². The number of ether oxygens (including phenoxy) is 1. The van der Waals surface area contributed by atoms with Gasteiger partial charge < -0.3 is 15.0 Å². The molecule has 1 aromatic heterocycles. The number of aryl methyl sites for hydroxylation is 1. The van der Waals surface area contributed by atoms with Crippen LogP contribution in [0.1, 0.15) is 18.1 Å². The Morgan fingerprint density at radius 3 is 2.89 bits per heavy atom. The molecule has 0 aliphatic carbocycles. The Balaban J connectivity index is 0.00000261. The molecule has 0 bridgehead atoms. The van der Waals surface area contributed by atoms with Crippen LogP contribution in [0.4, 0.5) is 0 Å². The lowest BCUT2D eigenvalue weighted by Crippen LogP contribution is -2.48. The topological polar surface area (TPSA) is 54.7 Å². The van der Waals surface area contributed by atoms with Crippen LogP contribution in [0.2, 0.25) is 0 Å². The van der Waals surface area contributed by atoms with Crippen molar-refractivity contribution in [3.05, 3.63) is 48.3 Å². The maximum Gasteiger partial charge on any atom is 0.193 e. The van der Waals surface area contributed by atoms with Crippen LogP contribution in [0, 0.1) is 0 Å². The van der Waals surface area contributed by atoms with Crippen molar-refractivity contribution in [3.8, 4) is 0 Å². The summed E-state index contributed by atoms with van der Waals surface area (Å²) in [6.45, 7) is 3.27. The van der Waals surface area contributed by atoms with Crippen molar-refractivity contribution in [1.29, 1.82) is 0 Å². The first-order valence-electron chi connectivity index (χ1n) is 9.00. The molecule has 0 spiro atoms. The predicted molar refractivity (Wildman–Crippen MR) is 122 cm³/mol. The smallest absolute Gasteiger partial charge is 0.193 e. The van der Waals surface area contributed by atoms with Gasteiger partial charge in [-0.3, -0.25) is 9.67 Å². The summed E-state index contributed by atoms with van der Waals surface area (Å²) in [5.41, 5.74) is 1.12. The highest BCUT2D eigenvalue weighted by Crippen LogP contribution is 2.21. The Bertz CT molecular complexity index is 709. The number of aromatic nitrogens is 2. The van der Waals surface area contributed by atoms with Crippen molar-refractivity contribution in [2.24, 2.45) is 12.0 Å². The highest BCUT2D eigenvalue weighted by atomic mass is 127. The van der Waals surface area contributed by atoms with Gasteiger partial charge in [-0.1, -0.05) is 18.2 Å². The summed E-state index contributed by atoms with van der Waals surface area (Å²) in [7, 11) is 3.77. The fourth-order valence-corrected chi connectivity index (χ4v) is 3.84. The zero-order chi connectivity index (χ0) is 18.2. The molecular formula is C19H28IN5OS. The minimum absolute atomic E-state index is 0. The number of rotatable bonds is 6. The van der Waals surface area contributed by atoms with E-state index in [1.54, 1.807) is 0 Å². The Morgan fingerprint density at radius 1 is 1.37 bits per heavy atom. The minimum atomic E-state index is 0. The summed E-state index contributed by atoms with van der Waals surface area (Å²) < 4.78 is 7.73. The van der Waals surface area contributed by atoms with Gasteiger partial charge in [0.25, 0.3) is 0 Å². The van der Waals surface area contributed by atoms with E-state index in [1.807, 2.05) is 42.9 Å². The van der Waals surface area contributed by atoms with E-state index in [0.717, 1.165) is 43.3 Å². The third kappa shape index (κ3) is 6.69. The second kappa shape index (κ2) is 11.6. The molecule has 1 fully saturated rings. The van der Waals surface area contributed by atoms with Crippen molar-refractivity contribution in [2.75, 3.05) is 39.0 Å². The van der Waals surface area contributed by atoms with Gasteiger partial charge in [-0.2, -0.15) is 5.10 Å². The standard InChI is InChI=1S/C19H27N5OS.HI/c1-20-19(21-9-6-12-26-17-7-4-3-5-8-17)24-10-11-25-18(15-24)16-13-22-23(2)14-16;/h3-5,7-8,13-14,18H,6,9-12,15H2,1-2H3,(H,20,21);1H. The Hall–Kier alpha value is -1.26. The molecule has 1 atom stereocenters. The van der Waals surface area contributed by atoms with Crippen molar-refractivity contribution >= 4 is 41.7 Å². The molecule has 1 N–H and O–H groups in total. The van der Waals surface area contributed by atoms with Crippen molar-refractivity contribution < 1.29 is 4.74 Å². The molecule has 1 saturated heterocycles. The monoisotopic (exact) mass is 501 g/mol. The molecule has 1 aliphatic heterocycles. The van der Waals surface area contributed by atoms with E-state index in [1.165, 1.54) is 4.90 Å². The van der Waals surface area contributed by atoms with Gasteiger partial charge in [-0.25, -0.2) is 0 Å². The van der Waals surface area contributed by atoms with Gasteiger partial charge in [0, 0.05) is 43.8 Å². The van der Waals surface area contributed by atoms with Crippen molar-refractivity contribution in [1.82, 2.24) is 20.0 Å². The quantitative estimate of drug-likeness (QED) is 0.217. The van der Waals surface area contributed by atoms with Gasteiger partial charge >= 0.3 is 0 Å². The van der Waals surface area contributed by atoms with Crippen LogP contribution < -0.4 is 5.32 Å².